The second-order valence-electron chi connectivity index (χ2n) is 10.4. The highest BCUT2D eigenvalue weighted by atomic mass is 16.5. The zero-order valence-electron chi connectivity index (χ0n) is 21.2. The van der Waals surface area contributed by atoms with E-state index >= 15 is 0 Å². The molecule has 1 atom stereocenters. The Morgan fingerprint density at radius 1 is 1.00 bits per heavy atom. The van der Waals surface area contributed by atoms with Crippen molar-refractivity contribution in [2.45, 2.75) is 83.7 Å². The fraction of sp³-hybridized carbons (Fsp3) is 0.517. The summed E-state index contributed by atoms with van der Waals surface area (Å²) in [5.41, 5.74) is 2.10. The van der Waals surface area contributed by atoms with Gasteiger partial charge in [-0.25, -0.2) is 0 Å². The number of hydrogen-bond donors (Lipinski definition) is 1. The molecule has 1 N–H and O–H groups in total. The summed E-state index contributed by atoms with van der Waals surface area (Å²) >= 11 is 0. The zero-order valence-corrected chi connectivity index (χ0v) is 21.2. The lowest BCUT2D eigenvalue weighted by molar-refractivity contribution is -0.141. The molecule has 34 heavy (non-hydrogen) atoms. The van der Waals surface area contributed by atoms with E-state index in [4.69, 9.17) is 4.74 Å². The molecule has 1 fully saturated rings. The van der Waals surface area contributed by atoms with Crippen molar-refractivity contribution in [2.24, 2.45) is 0 Å². The maximum Gasteiger partial charge on any atom is 0.261 e. The summed E-state index contributed by atoms with van der Waals surface area (Å²) < 4.78 is 6.02. The average molecular weight is 465 g/mol. The maximum absolute atomic E-state index is 13.4. The van der Waals surface area contributed by atoms with Crippen LogP contribution in [0.25, 0.3) is 0 Å². The first-order chi connectivity index (χ1) is 16.3. The van der Waals surface area contributed by atoms with Crippen LogP contribution in [0.15, 0.2) is 54.6 Å². The maximum atomic E-state index is 13.4. The molecule has 2 aromatic rings. The average Bonchev–Trinajstić information content (AvgIpc) is 2.83. The molecular weight excluding hydrogens is 424 g/mol. The SMILES string of the molecule is C[C@@H](C(=O)NC1CCCCC1)N(CCc1ccccc1)C(=O)COc1ccccc1C(C)(C)C. The Morgan fingerprint density at radius 2 is 1.65 bits per heavy atom. The highest BCUT2D eigenvalue weighted by Gasteiger charge is 2.28. The normalized spacial score (nSPS) is 15.4. The Bertz CT molecular complexity index is 930. The number of ether oxygens (including phenoxy) is 1. The highest BCUT2D eigenvalue weighted by Crippen LogP contribution is 2.31. The quantitative estimate of drug-likeness (QED) is 0.550. The summed E-state index contributed by atoms with van der Waals surface area (Å²) in [5.74, 6) is 0.458. The molecule has 5 heteroatoms. The molecule has 0 spiro atoms. The molecule has 0 unspecified atom stereocenters. The summed E-state index contributed by atoms with van der Waals surface area (Å²) in [6, 6.07) is 17.6. The zero-order chi connectivity index (χ0) is 24.6. The van der Waals surface area contributed by atoms with Crippen LogP contribution >= 0.6 is 0 Å². The third kappa shape index (κ3) is 7.34. The van der Waals surface area contributed by atoms with Gasteiger partial charge in [0.05, 0.1) is 0 Å². The lowest BCUT2D eigenvalue weighted by Gasteiger charge is -2.31. The van der Waals surface area contributed by atoms with Crippen molar-refractivity contribution in [3.63, 3.8) is 0 Å². The van der Waals surface area contributed by atoms with E-state index in [0.717, 1.165) is 36.8 Å². The van der Waals surface area contributed by atoms with Gasteiger partial charge in [0.15, 0.2) is 6.61 Å². The van der Waals surface area contributed by atoms with E-state index in [1.165, 1.54) is 6.42 Å². The molecule has 1 aliphatic carbocycles. The van der Waals surface area contributed by atoms with Crippen LogP contribution in [0, 0.1) is 0 Å². The van der Waals surface area contributed by atoms with Gasteiger partial charge in [-0.15, -0.1) is 0 Å². The summed E-state index contributed by atoms with van der Waals surface area (Å²) in [5, 5.41) is 3.18. The van der Waals surface area contributed by atoms with Crippen molar-refractivity contribution >= 4 is 11.8 Å². The minimum absolute atomic E-state index is 0.0802. The van der Waals surface area contributed by atoms with Gasteiger partial charge < -0.3 is 15.0 Å². The second-order valence-corrected chi connectivity index (χ2v) is 10.4. The molecule has 2 amide bonds. The third-order valence-corrected chi connectivity index (χ3v) is 6.65. The summed E-state index contributed by atoms with van der Waals surface area (Å²) in [6.07, 6.45) is 6.25. The van der Waals surface area contributed by atoms with Crippen LogP contribution in [-0.2, 0) is 21.4 Å². The minimum atomic E-state index is -0.556. The number of para-hydroxylation sites is 1. The molecule has 1 saturated carbocycles. The topological polar surface area (TPSA) is 58.6 Å². The van der Waals surface area contributed by atoms with Crippen LogP contribution in [-0.4, -0.2) is 41.9 Å². The number of rotatable bonds is 9. The fourth-order valence-electron chi connectivity index (χ4n) is 4.57. The van der Waals surface area contributed by atoms with E-state index in [2.05, 4.69) is 26.1 Å². The van der Waals surface area contributed by atoms with E-state index < -0.39 is 6.04 Å². The monoisotopic (exact) mass is 464 g/mol. The number of amides is 2. The van der Waals surface area contributed by atoms with Crippen LogP contribution in [0.2, 0.25) is 0 Å². The van der Waals surface area contributed by atoms with Gasteiger partial charge in [0, 0.05) is 12.6 Å². The van der Waals surface area contributed by atoms with Gasteiger partial charge >= 0.3 is 0 Å². The summed E-state index contributed by atoms with van der Waals surface area (Å²) in [7, 11) is 0. The summed E-state index contributed by atoms with van der Waals surface area (Å²) in [4.78, 5) is 28.1. The molecule has 0 bridgehead atoms. The van der Waals surface area contributed by atoms with E-state index in [1.54, 1.807) is 4.90 Å². The number of carbonyl (C=O) groups is 2. The largest absolute Gasteiger partial charge is 0.483 e. The fourth-order valence-corrected chi connectivity index (χ4v) is 4.57. The molecule has 0 radical (unpaired) electrons. The second kappa shape index (κ2) is 12.0. The van der Waals surface area contributed by atoms with Gasteiger partial charge in [-0.2, -0.15) is 0 Å². The number of hydrogen-bond acceptors (Lipinski definition) is 3. The van der Waals surface area contributed by atoms with Crippen molar-refractivity contribution in [3.05, 3.63) is 65.7 Å². The lowest BCUT2D eigenvalue weighted by Crippen LogP contribution is -2.52. The van der Waals surface area contributed by atoms with Crippen LogP contribution in [0.4, 0.5) is 0 Å². The molecule has 0 aromatic heterocycles. The predicted octanol–water partition coefficient (Wildman–Crippen LogP) is 5.27. The Balaban J connectivity index is 1.70. The van der Waals surface area contributed by atoms with Crippen LogP contribution in [0.3, 0.4) is 0 Å². The lowest BCUT2D eigenvalue weighted by atomic mass is 9.86. The number of nitrogens with one attached hydrogen (secondary N) is 1. The van der Waals surface area contributed by atoms with Crippen LogP contribution < -0.4 is 10.1 Å². The molecule has 2 aromatic carbocycles. The van der Waals surface area contributed by atoms with E-state index in [1.807, 2.05) is 61.5 Å². The predicted molar refractivity (Wildman–Crippen MR) is 137 cm³/mol. The number of benzene rings is 2. The molecule has 0 heterocycles. The molecule has 0 aliphatic heterocycles. The van der Waals surface area contributed by atoms with Crippen molar-refractivity contribution in [3.8, 4) is 5.75 Å². The van der Waals surface area contributed by atoms with Gasteiger partial charge in [0.1, 0.15) is 11.8 Å². The molecule has 184 valence electrons. The Hall–Kier alpha value is -2.82. The van der Waals surface area contributed by atoms with E-state index in [9.17, 15) is 9.59 Å². The first kappa shape index (κ1) is 25.8. The van der Waals surface area contributed by atoms with E-state index in [-0.39, 0.29) is 29.9 Å². The van der Waals surface area contributed by atoms with Crippen molar-refractivity contribution in [2.75, 3.05) is 13.2 Å². The van der Waals surface area contributed by atoms with Gasteiger partial charge in [0.25, 0.3) is 5.91 Å². The smallest absolute Gasteiger partial charge is 0.261 e. The number of nitrogens with zero attached hydrogens (tertiary/aromatic N) is 1. The third-order valence-electron chi connectivity index (χ3n) is 6.65. The Labute approximate surface area is 204 Å². The highest BCUT2D eigenvalue weighted by molar-refractivity contribution is 5.88. The van der Waals surface area contributed by atoms with Crippen molar-refractivity contribution in [1.82, 2.24) is 10.2 Å². The van der Waals surface area contributed by atoms with Crippen molar-refractivity contribution < 1.29 is 14.3 Å². The standard InChI is InChI=1S/C29H40N2O3/c1-22(28(33)30-24-15-9-6-10-16-24)31(20-19-23-13-7-5-8-14-23)27(32)21-34-26-18-12-11-17-25(26)29(2,3)4/h5,7-8,11-14,17-18,22,24H,6,9-10,15-16,19-21H2,1-4H3,(H,30,33)/t22-/m0/s1. The van der Waals surface area contributed by atoms with Crippen LogP contribution in [0.5, 0.6) is 5.75 Å². The first-order valence-electron chi connectivity index (χ1n) is 12.6. The van der Waals surface area contributed by atoms with E-state index in [0.29, 0.717) is 18.7 Å². The van der Waals surface area contributed by atoms with Gasteiger partial charge in [-0.3, -0.25) is 9.59 Å². The first-order valence-corrected chi connectivity index (χ1v) is 12.6. The molecule has 3 rings (SSSR count). The summed E-state index contributed by atoms with van der Waals surface area (Å²) in [6.45, 7) is 8.57. The van der Waals surface area contributed by atoms with Gasteiger partial charge in [-0.1, -0.05) is 88.6 Å². The Kier molecular flexibility index (Phi) is 9.14. The minimum Gasteiger partial charge on any atom is -0.483 e. The number of carbonyl (C=O) groups excluding carboxylic acids is 2. The molecule has 0 saturated heterocycles. The van der Waals surface area contributed by atoms with Gasteiger partial charge in [0.2, 0.25) is 5.91 Å². The molecular formula is C29H40N2O3. The molecule has 5 nitrogen and oxygen atoms in total. The van der Waals surface area contributed by atoms with Crippen LogP contribution in [0.1, 0.15) is 70.9 Å². The van der Waals surface area contributed by atoms with Gasteiger partial charge in [-0.05, 0) is 48.8 Å². The molecule has 1 aliphatic rings. The van der Waals surface area contributed by atoms with Crippen molar-refractivity contribution in [1.29, 1.82) is 0 Å². The Morgan fingerprint density at radius 3 is 2.32 bits per heavy atom.